The Morgan fingerprint density at radius 2 is 1.91 bits per heavy atom. The molecule has 0 heterocycles. The lowest BCUT2D eigenvalue weighted by Gasteiger charge is -2.16. The normalized spacial score (nSPS) is 11.3. The van der Waals surface area contributed by atoms with E-state index < -0.39 is 10.0 Å². The fraction of sp³-hybridized carbons (Fsp3) is 0.188. The van der Waals surface area contributed by atoms with Gasteiger partial charge in [-0.25, -0.2) is 12.7 Å². The zero-order chi connectivity index (χ0) is 17.0. The summed E-state index contributed by atoms with van der Waals surface area (Å²) in [5.74, 6) is 0. The van der Waals surface area contributed by atoms with Gasteiger partial charge in [-0.2, -0.15) is 5.26 Å². The third-order valence-electron chi connectivity index (χ3n) is 3.30. The number of halogens is 1. The fourth-order valence-corrected chi connectivity index (χ4v) is 3.34. The van der Waals surface area contributed by atoms with Crippen LogP contribution in [0, 0.1) is 11.3 Å². The van der Waals surface area contributed by atoms with Gasteiger partial charge in [0.2, 0.25) is 10.0 Å². The van der Waals surface area contributed by atoms with Crippen LogP contribution in [-0.2, 0) is 16.6 Å². The van der Waals surface area contributed by atoms with Crippen molar-refractivity contribution in [2.24, 2.45) is 0 Å². The molecule has 0 aliphatic heterocycles. The van der Waals surface area contributed by atoms with Gasteiger partial charge >= 0.3 is 0 Å². The van der Waals surface area contributed by atoms with Crippen molar-refractivity contribution in [3.05, 3.63) is 58.6 Å². The maximum absolute atomic E-state index is 12.4. The first-order chi connectivity index (χ1) is 10.9. The standard InChI is InChI=1S/C16H16ClN3O2S/c1-20(2)23(21,22)16-6-4-3-5-12(16)11-19-15-8-7-14(17)9-13(15)10-18/h3-9,19H,11H2,1-2H3. The summed E-state index contributed by atoms with van der Waals surface area (Å²) < 4.78 is 25.9. The maximum Gasteiger partial charge on any atom is 0.242 e. The van der Waals surface area contributed by atoms with Crippen molar-refractivity contribution in [2.45, 2.75) is 11.4 Å². The summed E-state index contributed by atoms with van der Waals surface area (Å²) in [6, 6.07) is 13.8. The molecule has 0 saturated carbocycles. The van der Waals surface area contributed by atoms with Crippen molar-refractivity contribution in [3.63, 3.8) is 0 Å². The molecule has 2 rings (SSSR count). The molecule has 0 aliphatic carbocycles. The maximum atomic E-state index is 12.4. The van der Waals surface area contributed by atoms with Gasteiger partial charge in [0.15, 0.2) is 0 Å². The minimum absolute atomic E-state index is 0.241. The third kappa shape index (κ3) is 3.82. The molecule has 0 atom stereocenters. The molecule has 0 aliphatic rings. The van der Waals surface area contributed by atoms with Crippen molar-refractivity contribution in [1.29, 1.82) is 5.26 Å². The zero-order valence-corrected chi connectivity index (χ0v) is 14.3. The zero-order valence-electron chi connectivity index (χ0n) is 12.7. The van der Waals surface area contributed by atoms with Crippen molar-refractivity contribution in [3.8, 4) is 6.07 Å². The van der Waals surface area contributed by atoms with Crippen molar-refractivity contribution >= 4 is 27.3 Å². The van der Waals surface area contributed by atoms with E-state index in [0.717, 1.165) is 0 Å². The number of anilines is 1. The van der Waals surface area contributed by atoms with E-state index in [0.29, 0.717) is 21.8 Å². The molecular formula is C16H16ClN3O2S. The molecule has 2 aromatic rings. The first-order valence-electron chi connectivity index (χ1n) is 6.80. The molecule has 0 aromatic heterocycles. The van der Waals surface area contributed by atoms with Gasteiger partial charge in [0, 0.05) is 25.7 Å². The molecule has 2 aromatic carbocycles. The van der Waals surface area contributed by atoms with E-state index in [2.05, 4.69) is 11.4 Å². The Labute approximate surface area is 141 Å². The number of benzene rings is 2. The molecule has 23 heavy (non-hydrogen) atoms. The average molecular weight is 350 g/mol. The first-order valence-corrected chi connectivity index (χ1v) is 8.62. The second-order valence-electron chi connectivity index (χ2n) is 5.05. The van der Waals surface area contributed by atoms with Crippen LogP contribution in [0.5, 0.6) is 0 Å². The summed E-state index contributed by atoms with van der Waals surface area (Å²) in [5, 5.41) is 12.7. The number of rotatable bonds is 5. The van der Waals surface area contributed by atoms with Crippen molar-refractivity contribution in [1.82, 2.24) is 4.31 Å². The van der Waals surface area contributed by atoms with Gasteiger partial charge in [-0.1, -0.05) is 29.8 Å². The fourth-order valence-electron chi connectivity index (χ4n) is 2.05. The Balaban J connectivity index is 2.32. The number of nitrogens with zero attached hydrogens (tertiary/aromatic N) is 2. The summed E-state index contributed by atoms with van der Waals surface area (Å²) >= 11 is 5.87. The van der Waals surface area contributed by atoms with Crippen molar-refractivity contribution in [2.75, 3.05) is 19.4 Å². The highest BCUT2D eigenvalue weighted by Gasteiger charge is 2.20. The predicted molar refractivity (Wildman–Crippen MR) is 90.8 cm³/mol. The lowest BCUT2D eigenvalue weighted by atomic mass is 10.1. The number of nitriles is 1. The molecule has 7 heteroatoms. The molecule has 0 fully saturated rings. The van der Waals surface area contributed by atoms with Crippen LogP contribution in [-0.4, -0.2) is 26.8 Å². The molecule has 0 saturated heterocycles. The van der Waals surface area contributed by atoms with E-state index in [1.54, 1.807) is 42.5 Å². The second kappa shape index (κ2) is 7.01. The Morgan fingerprint density at radius 3 is 2.57 bits per heavy atom. The average Bonchev–Trinajstić information content (AvgIpc) is 2.53. The van der Waals surface area contributed by atoms with E-state index in [1.807, 2.05) is 0 Å². The quantitative estimate of drug-likeness (QED) is 0.900. The Hall–Kier alpha value is -2.07. The number of hydrogen-bond acceptors (Lipinski definition) is 4. The van der Waals surface area contributed by atoms with E-state index >= 15 is 0 Å². The summed E-state index contributed by atoms with van der Waals surface area (Å²) in [6.07, 6.45) is 0. The molecular weight excluding hydrogens is 334 g/mol. The summed E-state index contributed by atoms with van der Waals surface area (Å²) in [4.78, 5) is 0.241. The van der Waals surface area contributed by atoms with Gasteiger partial charge in [0.1, 0.15) is 6.07 Å². The molecule has 0 amide bonds. The van der Waals surface area contributed by atoms with E-state index in [-0.39, 0.29) is 11.4 Å². The highest BCUT2D eigenvalue weighted by Crippen LogP contribution is 2.23. The molecule has 0 bridgehead atoms. The van der Waals surface area contributed by atoms with Gasteiger partial charge in [0.25, 0.3) is 0 Å². The predicted octanol–water partition coefficient (Wildman–Crippen LogP) is 3.07. The molecule has 5 nitrogen and oxygen atoms in total. The van der Waals surface area contributed by atoms with Crippen molar-refractivity contribution < 1.29 is 8.42 Å². The second-order valence-corrected chi connectivity index (χ2v) is 7.61. The monoisotopic (exact) mass is 349 g/mol. The van der Waals surface area contributed by atoms with Crippen LogP contribution in [0.1, 0.15) is 11.1 Å². The van der Waals surface area contributed by atoms with Gasteiger partial charge in [-0.05, 0) is 29.8 Å². The number of nitrogens with one attached hydrogen (secondary N) is 1. The molecule has 0 radical (unpaired) electrons. The van der Waals surface area contributed by atoms with Crippen LogP contribution in [0.3, 0.4) is 0 Å². The van der Waals surface area contributed by atoms with Gasteiger partial charge < -0.3 is 5.32 Å². The highest BCUT2D eigenvalue weighted by molar-refractivity contribution is 7.89. The van der Waals surface area contributed by atoms with Gasteiger partial charge in [-0.3, -0.25) is 0 Å². The van der Waals surface area contributed by atoms with Crippen LogP contribution in [0.2, 0.25) is 5.02 Å². The lowest BCUT2D eigenvalue weighted by molar-refractivity contribution is 0.520. The van der Waals surface area contributed by atoms with Gasteiger partial charge in [0.05, 0.1) is 16.1 Å². The molecule has 1 N–H and O–H groups in total. The van der Waals surface area contributed by atoms with Crippen LogP contribution < -0.4 is 5.32 Å². The third-order valence-corrected chi connectivity index (χ3v) is 5.45. The summed E-state index contributed by atoms with van der Waals surface area (Å²) in [7, 11) is -0.542. The topological polar surface area (TPSA) is 73.2 Å². The van der Waals surface area contributed by atoms with E-state index in [9.17, 15) is 8.42 Å². The molecule has 0 unspecified atom stereocenters. The first kappa shape index (κ1) is 17.3. The van der Waals surface area contributed by atoms with Crippen LogP contribution in [0.25, 0.3) is 0 Å². The largest absolute Gasteiger partial charge is 0.380 e. The number of hydrogen-bond donors (Lipinski definition) is 1. The lowest BCUT2D eigenvalue weighted by Crippen LogP contribution is -2.23. The molecule has 0 spiro atoms. The van der Waals surface area contributed by atoms with Gasteiger partial charge in [-0.15, -0.1) is 0 Å². The Morgan fingerprint density at radius 1 is 1.22 bits per heavy atom. The minimum Gasteiger partial charge on any atom is -0.380 e. The smallest absolute Gasteiger partial charge is 0.242 e. The number of sulfonamides is 1. The summed E-state index contributed by atoms with van der Waals surface area (Å²) in [6.45, 7) is 0.277. The van der Waals surface area contributed by atoms with Crippen LogP contribution in [0.4, 0.5) is 5.69 Å². The van der Waals surface area contributed by atoms with Crippen LogP contribution >= 0.6 is 11.6 Å². The van der Waals surface area contributed by atoms with E-state index in [1.165, 1.54) is 18.4 Å². The highest BCUT2D eigenvalue weighted by atomic mass is 35.5. The SMILES string of the molecule is CN(C)S(=O)(=O)c1ccccc1CNc1ccc(Cl)cc1C#N. The summed E-state index contributed by atoms with van der Waals surface area (Å²) in [5.41, 5.74) is 1.64. The van der Waals surface area contributed by atoms with E-state index in [4.69, 9.17) is 16.9 Å². The molecule has 120 valence electrons. The minimum atomic E-state index is -3.53. The Kier molecular flexibility index (Phi) is 5.26. The Bertz CT molecular complexity index is 858. The van der Waals surface area contributed by atoms with Crippen LogP contribution in [0.15, 0.2) is 47.4 Å².